The number of rotatable bonds is 0. The first-order chi connectivity index (χ1) is 6.00. The van der Waals surface area contributed by atoms with E-state index in [-0.39, 0.29) is 0 Å². The van der Waals surface area contributed by atoms with Crippen LogP contribution in [0.5, 0.6) is 0 Å². The van der Waals surface area contributed by atoms with Gasteiger partial charge in [-0.1, -0.05) is 6.07 Å². The Balaban J connectivity index is 0.000000671. The lowest BCUT2D eigenvalue weighted by Crippen LogP contribution is -2.04. The van der Waals surface area contributed by atoms with Crippen molar-refractivity contribution in [2.75, 3.05) is 7.05 Å². The maximum atomic E-state index is 12.2. The molecule has 1 rings (SSSR count). The SMILES string of the molecule is CN.Fc1cccc(C(F)(F)F)c1. The Bertz CT molecular complexity index is 257. The molecule has 0 aromatic heterocycles. The molecule has 13 heavy (non-hydrogen) atoms. The van der Waals surface area contributed by atoms with Crippen LogP contribution in [-0.4, -0.2) is 7.05 Å². The van der Waals surface area contributed by atoms with Crippen LogP contribution >= 0.6 is 0 Å². The van der Waals surface area contributed by atoms with Gasteiger partial charge in [0.15, 0.2) is 0 Å². The minimum Gasteiger partial charge on any atom is -0.333 e. The standard InChI is InChI=1S/C7H4F4.CH5N/c8-6-3-1-2-5(4-6)7(9,10)11;1-2/h1-4H;2H2,1H3. The Kier molecular flexibility index (Phi) is 4.40. The summed E-state index contributed by atoms with van der Waals surface area (Å²) in [6.45, 7) is 0. The fourth-order valence-electron chi connectivity index (χ4n) is 0.665. The predicted octanol–water partition coefficient (Wildman–Crippen LogP) is 2.42. The highest BCUT2D eigenvalue weighted by atomic mass is 19.4. The van der Waals surface area contributed by atoms with Gasteiger partial charge in [0.25, 0.3) is 0 Å². The number of hydrogen-bond acceptors (Lipinski definition) is 1. The van der Waals surface area contributed by atoms with Gasteiger partial charge in [-0.3, -0.25) is 0 Å². The molecule has 0 aliphatic heterocycles. The molecule has 0 heterocycles. The second-order valence-corrected chi connectivity index (χ2v) is 2.01. The van der Waals surface area contributed by atoms with Gasteiger partial charge in [-0.05, 0) is 25.2 Å². The Labute approximate surface area is 73.2 Å². The lowest BCUT2D eigenvalue weighted by molar-refractivity contribution is -0.137. The molecule has 0 bridgehead atoms. The van der Waals surface area contributed by atoms with Crippen LogP contribution in [0.1, 0.15) is 5.56 Å². The molecular formula is C8H9F4N. The molecule has 0 saturated carbocycles. The van der Waals surface area contributed by atoms with Crippen LogP contribution in [0.3, 0.4) is 0 Å². The van der Waals surface area contributed by atoms with E-state index in [4.69, 9.17) is 0 Å². The van der Waals surface area contributed by atoms with Gasteiger partial charge in [0.05, 0.1) is 5.56 Å². The van der Waals surface area contributed by atoms with E-state index in [1.54, 1.807) is 0 Å². The number of nitrogens with two attached hydrogens (primary N) is 1. The second kappa shape index (κ2) is 4.81. The Morgan fingerprint density at radius 3 is 2.00 bits per heavy atom. The molecule has 2 N–H and O–H groups in total. The van der Waals surface area contributed by atoms with Gasteiger partial charge in [0, 0.05) is 0 Å². The van der Waals surface area contributed by atoms with Crippen molar-refractivity contribution < 1.29 is 17.6 Å². The molecule has 74 valence electrons. The van der Waals surface area contributed by atoms with Gasteiger partial charge in [-0.25, -0.2) is 4.39 Å². The highest BCUT2D eigenvalue weighted by molar-refractivity contribution is 5.18. The normalized spacial score (nSPS) is 10.3. The van der Waals surface area contributed by atoms with Crippen molar-refractivity contribution in [2.24, 2.45) is 5.73 Å². The molecule has 1 aromatic carbocycles. The van der Waals surface area contributed by atoms with Crippen molar-refractivity contribution in [2.45, 2.75) is 6.18 Å². The highest BCUT2D eigenvalue weighted by Crippen LogP contribution is 2.28. The van der Waals surface area contributed by atoms with Crippen molar-refractivity contribution in [3.05, 3.63) is 35.6 Å². The van der Waals surface area contributed by atoms with E-state index in [0.29, 0.717) is 6.07 Å². The van der Waals surface area contributed by atoms with E-state index in [9.17, 15) is 17.6 Å². The minimum atomic E-state index is -4.46. The third-order valence-corrected chi connectivity index (χ3v) is 1.15. The van der Waals surface area contributed by atoms with E-state index in [2.05, 4.69) is 5.73 Å². The largest absolute Gasteiger partial charge is 0.416 e. The van der Waals surface area contributed by atoms with Gasteiger partial charge in [0.2, 0.25) is 0 Å². The summed E-state index contributed by atoms with van der Waals surface area (Å²) in [5, 5.41) is 0. The summed E-state index contributed by atoms with van der Waals surface area (Å²) in [6, 6.07) is 3.27. The van der Waals surface area contributed by atoms with Crippen molar-refractivity contribution in [3.8, 4) is 0 Å². The average Bonchev–Trinajstić information content (AvgIpc) is 2.06. The Morgan fingerprint density at radius 2 is 1.69 bits per heavy atom. The first-order valence-electron chi connectivity index (χ1n) is 3.40. The molecule has 0 spiro atoms. The van der Waals surface area contributed by atoms with Crippen LogP contribution in [0.2, 0.25) is 0 Å². The third kappa shape index (κ3) is 3.89. The fourth-order valence-corrected chi connectivity index (χ4v) is 0.665. The van der Waals surface area contributed by atoms with Gasteiger partial charge in [-0.2, -0.15) is 13.2 Å². The van der Waals surface area contributed by atoms with Gasteiger partial charge < -0.3 is 5.73 Å². The summed E-state index contributed by atoms with van der Waals surface area (Å²) < 4.78 is 47.6. The van der Waals surface area contributed by atoms with Crippen molar-refractivity contribution in [3.63, 3.8) is 0 Å². The predicted molar refractivity (Wildman–Crippen MR) is 41.5 cm³/mol. The van der Waals surface area contributed by atoms with Crippen LogP contribution < -0.4 is 5.73 Å². The maximum absolute atomic E-state index is 12.2. The highest BCUT2D eigenvalue weighted by Gasteiger charge is 2.30. The minimum absolute atomic E-state index is 0.458. The van der Waals surface area contributed by atoms with Crippen molar-refractivity contribution in [1.29, 1.82) is 0 Å². The maximum Gasteiger partial charge on any atom is 0.416 e. The first kappa shape index (κ1) is 11.9. The molecule has 0 amide bonds. The zero-order chi connectivity index (χ0) is 10.5. The Hall–Kier alpha value is -1.10. The molecule has 5 heteroatoms. The molecule has 0 fully saturated rings. The summed E-state index contributed by atoms with van der Waals surface area (Å²) in [6.07, 6.45) is -4.46. The van der Waals surface area contributed by atoms with Crippen LogP contribution in [0.25, 0.3) is 0 Å². The number of hydrogen-bond donors (Lipinski definition) is 1. The van der Waals surface area contributed by atoms with Crippen LogP contribution in [0.15, 0.2) is 24.3 Å². The molecule has 0 atom stereocenters. The van der Waals surface area contributed by atoms with E-state index in [1.807, 2.05) is 0 Å². The lowest BCUT2D eigenvalue weighted by atomic mass is 10.2. The number of alkyl halides is 3. The molecule has 0 aliphatic carbocycles. The monoisotopic (exact) mass is 195 g/mol. The summed E-state index contributed by atoms with van der Waals surface area (Å²) in [4.78, 5) is 0. The van der Waals surface area contributed by atoms with E-state index < -0.39 is 17.6 Å². The summed E-state index contributed by atoms with van der Waals surface area (Å²) in [7, 11) is 1.50. The van der Waals surface area contributed by atoms with E-state index in [1.165, 1.54) is 7.05 Å². The summed E-state index contributed by atoms with van der Waals surface area (Å²) in [5.74, 6) is -0.875. The quantitative estimate of drug-likeness (QED) is 0.632. The van der Waals surface area contributed by atoms with Crippen molar-refractivity contribution in [1.82, 2.24) is 0 Å². The second-order valence-electron chi connectivity index (χ2n) is 2.01. The molecular weight excluding hydrogens is 186 g/mol. The molecule has 0 aliphatic rings. The van der Waals surface area contributed by atoms with Gasteiger partial charge >= 0.3 is 6.18 Å². The molecule has 0 radical (unpaired) electrons. The van der Waals surface area contributed by atoms with Crippen LogP contribution in [0, 0.1) is 5.82 Å². The molecule has 0 saturated heterocycles. The third-order valence-electron chi connectivity index (χ3n) is 1.15. The number of halogens is 4. The molecule has 0 unspecified atom stereocenters. The number of benzene rings is 1. The van der Waals surface area contributed by atoms with Gasteiger partial charge in [-0.15, -0.1) is 0 Å². The lowest BCUT2D eigenvalue weighted by Gasteiger charge is -2.04. The molecule has 1 aromatic rings. The summed E-state index contributed by atoms with van der Waals surface area (Å²) in [5.41, 5.74) is 3.54. The first-order valence-corrected chi connectivity index (χ1v) is 3.40. The van der Waals surface area contributed by atoms with Crippen molar-refractivity contribution >= 4 is 0 Å². The topological polar surface area (TPSA) is 26.0 Å². The summed E-state index contributed by atoms with van der Waals surface area (Å²) >= 11 is 0. The smallest absolute Gasteiger partial charge is 0.333 e. The zero-order valence-corrected chi connectivity index (χ0v) is 6.90. The average molecular weight is 195 g/mol. The molecule has 1 nitrogen and oxygen atoms in total. The zero-order valence-electron chi connectivity index (χ0n) is 6.90. The Morgan fingerprint density at radius 1 is 1.15 bits per heavy atom. The fraction of sp³-hybridized carbons (Fsp3) is 0.250. The van der Waals surface area contributed by atoms with Crippen LogP contribution in [-0.2, 0) is 6.18 Å². The van der Waals surface area contributed by atoms with E-state index in [0.717, 1.165) is 18.2 Å². The van der Waals surface area contributed by atoms with Crippen LogP contribution in [0.4, 0.5) is 17.6 Å². The van der Waals surface area contributed by atoms with E-state index >= 15 is 0 Å². The van der Waals surface area contributed by atoms with Gasteiger partial charge in [0.1, 0.15) is 5.82 Å².